The maximum atomic E-state index is 10.8. The highest BCUT2D eigenvalue weighted by Gasteiger charge is 2.48. The fourth-order valence-electron chi connectivity index (χ4n) is 1.51. The van der Waals surface area contributed by atoms with Crippen molar-refractivity contribution in [2.45, 2.75) is 10.7 Å². The van der Waals surface area contributed by atoms with Crippen LogP contribution in [-0.2, 0) is 0 Å². The van der Waals surface area contributed by atoms with Crippen LogP contribution in [0.5, 0.6) is 0 Å². The van der Waals surface area contributed by atoms with Gasteiger partial charge in [0.15, 0.2) is 0 Å². The second-order valence-electron chi connectivity index (χ2n) is 3.10. The Morgan fingerprint density at radius 3 is 1.65 bits per heavy atom. The predicted octanol–water partition coefficient (Wildman–Crippen LogP) is -0.224. The molecule has 0 aromatic rings. The maximum absolute atomic E-state index is 10.8. The predicted molar refractivity (Wildman–Crippen MR) is 59.5 cm³/mol. The first-order valence-electron chi connectivity index (χ1n) is 4.57. The molecule has 2 atom stereocenters. The third-order valence-corrected chi connectivity index (χ3v) is 3.50. The molecule has 2 unspecified atom stereocenters. The number of nitrogens with zero attached hydrogens (tertiary/aromatic N) is 2. The lowest BCUT2D eigenvalue weighted by Gasteiger charge is -2.02. The van der Waals surface area contributed by atoms with E-state index in [1.54, 1.807) is 0 Å². The average molecular weight is 262 g/mol. The first-order valence-corrected chi connectivity index (χ1v) is 5.51. The second kappa shape index (κ2) is 5.75. The van der Waals surface area contributed by atoms with Crippen molar-refractivity contribution in [2.75, 3.05) is 13.2 Å². The summed E-state index contributed by atoms with van der Waals surface area (Å²) in [6.45, 7) is -0.902. The van der Waals surface area contributed by atoms with Gasteiger partial charge in [0.25, 0.3) is 10.7 Å². The highest BCUT2D eigenvalue weighted by Crippen LogP contribution is 2.42. The third kappa shape index (κ3) is 2.81. The van der Waals surface area contributed by atoms with Crippen LogP contribution in [-0.4, -0.2) is 44.0 Å². The molecule has 0 aliphatic carbocycles. The molecular formula is C8H10N2O6S. The van der Waals surface area contributed by atoms with Gasteiger partial charge in [0, 0.05) is 32.8 Å². The van der Waals surface area contributed by atoms with E-state index in [1.807, 2.05) is 0 Å². The van der Waals surface area contributed by atoms with Gasteiger partial charge in [0.2, 0.25) is 0 Å². The quantitative estimate of drug-likeness (QED) is 0.529. The molecule has 1 heterocycles. The highest BCUT2D eigenvalue weighted by molar-refractivity contribution is 8.00. The molecular weight excluding hydrogens is 252 g/mol. The van der Waals surface area contributed by atoms with Crippen molar-refractivity contribution in [3.63, 3.8) is 0 Å². The van der Waals surface area contributed by atoms with Crippen LogP contribution in [0.1, 0.15) is 0 Å². The molecule has 94 valence electrons. The molecule has 0 aromatic carbocycles. The van der Waals surface area contributed by atoms with E-state index in [9.17, 15) is 20.2 Å². The van der Waals surface area contributed by atoms with Crippen molar-refractivity contribution in [1.29, 1.82) is 0 Å². The van der Waals surface area contributed by atoms with Crippen molar-refractivity contribution in [3.05, 3.63) is 43.5 Å². The fourth-order valence-corrected chi connectivity index (χ4v) is 2.72. The number of rotatable bonds is 4. The van der Waals surface area contributed by atoms with Gasteiger partial charge in [0.1, 0.15) is 0 Å². The van der Waals surface area contributed by atoms with Crippen LogP contribution in [0.2, 0.25) is 0 Å². The normalized spacial score (nSPS) is 28.8. The van der Waals surface area contributed by atoms with E-state index in [0.29, 0.717) is 11.8 Å². The lowest BCUT2D eigenvalue weighted by Crippen LogP contribution is -2.15. The number of nitro groups is 2. The summed E-state index contributed by atoms with van der Waals surface area (Å²) in [5.41, 5.74) is 0.163. The van der Waals surface area contributed by atoms with Gasteiger partial charge < -0.3 is 10.2 Å². The highest BCUT2D eigenvalue weighted by atomic mass is 32.2. The Labute approximate surface area is 99.9 Å². The fraction of sp³-hybridized carbons (Fsp3) is 0.500. The largest absolute Gasteiger partial charge is 0.392 e. The lowest BCUT2D eigenvalue weighted by atomic mass is 10.1. The van der Waals surface area contributed by atoms with Crippen LogP contribution in [0, 0.1) is 20.2 Å². The monoisotopic (exact) mass is 262 g/mol. The summed E-state index contributed by atoms with van der Waals surface area (Å²) in [6.07, 6.45) is 2.32. The average Bonchev–Trinajstić information content (AvgIpc) is 2.59. The van der Waals surface area contributed by atoms with Gasteiger partial charge in [0.05, 0.1) is 13.2 Å². The van der Waals surface area contributed by atoms with Gasteiger partial charge in [-0.3, -0.25) is 20.2 Å². The number of aliphatic hydroxyl groups is 2. The van der Waals surface area contributed by atoms with Gasteiger partial charge in [-0.15, -0.1) is 0 Å². The molecule has 0 saturated carbocycles. The van der Waals surface area contributed by atoms with Crippen molar-refractivity contribution < 1.29 is 20.1 Å². The molecule has 1 saturated heterocycles. The van der Waals surface area contributed by atoms with E-state index >= 15 is 0 Å². The molecule has 9 heteroatoms. The molecule has 8 nitrogen and oxygen atoms in total. The lowest BCUT2D eigenvalue weighted by molar-refractivity contribution is -0.489. The van der Waals surface area contributed by atoms with Crippen LogP contribution in [0.15, 0.2) is 23.3 Å². The summed E-state index contributed by atoms with van der Waals surface area (Å²) in [5, 5.41) is 36.5. The smallest absolute Gasteiger partial charge is 0.290 e. The van der Waals surface area contributed by atoms with E-state index in [-0.39, 0.29) is 11.1 Å². The van der Waals surface area contributed by atoms with E-state index in [1.165, 1.54) is 0 Å². The van der Waals surface area contributed by atoms with Crippen LogP contribution in [0.4, 0.5) is 0 Å². The topological polar surface area (TPSA) is 127 Å². The minimum absolute atomic E-state index is 0.0817. The SMILES string of the molecule is O=[N+]([O-])C1SC([N+](=O)[O-])C(=CCO)C1=CCO. The van der Waals surface area contributed by atoms with Crippen molar-refractivity contribution in [3.8, 4) is 0 Å². The number of aliphatic hydroxyl groups excluding tert-OH is 2. The summed E-state index contributed by atoms with van der Waals surface area (Å²) in [6, 6.07) is 0. The Balaban J connectivity index is 3.18. The Bertz CT molecular complexity index is 357. The molecule has 0 radical (unpaired) electrons. The number of thioether (sulfide) groups is 1. The van der Waals surface area contributed by atoms with E-state index in [4.69, 9.17) is 10.2 Å². The van der Waals surface area contributed by atoms with Gasteiger partial charge in [-0.1, -0.05) is 0 Å². The molecule has 0 amide bonds. The minimum atomic E-state index is -1.28. The zero-order valence-electron chi connectivity index (χ0n) is 8.55. The summed E-state index contributed by atoms with van der Waals surface area (Å²) < 4.78 is 0. The van der Waals surface area contributed by atoms with Crippen LogP contribution in [0.25, 0.3) is 0 Å². The van der Waals surface area contributed by atoms with Gasteiger partial charge in [-0.25, -0.2) is 0 Å². The number of hydrogen-bond donors (Lipinski definition) is 2. The number of hydrogen-bond acceptors (Lipinski definition) is 7. The van der Waals surface area contributed by atoms with E-state index in [0.717, 1.165) is 12.2 Å². The Morgan fingerprint density at radius 2 is 1.41 bits per heavy atom. The van der Waals surface area contributed by atoms with Crippen LogP contribution in [0.3, 0.4) is 0 Å². The summed E-state index contributed by atoms with van der Waals surface area (Å²) in [4.78, 5) is 20.2. The first kappa shape index (κ1) is 13.6. The van der Waals surface area contributed by atoms with Crippen molar-refractivity contribution in [2.24, 2.45) is 0 Å². The van der Waals surface area contributed by atoms with Crippen LogP contribution >= 0.6 is 11.8 Å². The first-order chi connectivity index (χ1) is 8.02. The Kier molecular flexibility index (Phi) is 4.61. The van der Waals surface area contributed by atoms with Crippen LogP contribution < -0.4 is 0 Å². The molecule has 1 aliphatic heterocycles. The molecule has 1 aliphatic rings. The second-order valence-corrected chi connectivity index (χ2v) is 4.26. The Hall–Kier alpha value is -1.45. The van der Waals surface area contributed by atoms with Gasteiger partial charge >= 0.3 is 0 Å². The van der Waals surface area contributed by atoms with E-state index < -0.39 is 33.8 Å². The minimum Gasteiger partial charge on any atom is -0.392 e. The molecule has 2 N–H and O–H groups in total. The Morgan fingerprint density at radius 1 is 1.06 bits per heavy atom. The summed E-state index contributed by atoms with van der Waals surface area (Å²) >= 11 is 0.566. The molecule has 0 aromatic heterocycles. The zero-order chi connectivity index (χ0) is 13.0. The molecule has 0 bridgehead atoms. The maximum Gasteiger partial charge on any atom is 0.290 e. The van der Waals surface area contributed by atoms with Gasteiger partial charge in [-0.05, 0) is 12.2 Å². The molecule has 0 spiro atoms. The third-order valence-electron chi connectivity index (χ3n) is 2.13. The van der Waals surface area contributed by atoms with Crippen molar-refractivity contribution in [1.82, 2.24) is 0 Å². The van der Waals surface area contributed by atoms with E-state index in [2.05, 4.69) is 0 Å². The zero-order valence-corrected chi connectivity index (χ0v) is 9.37. The summed E-state index contributed by atoms with van der Waals surface area (Å²) in [5.74, 6) is 0. The standard InChI is InChI=1S/C8H10N2O6S/c11-3-1-5-6(2-4-12)8(10(15)16)17-7(5)9(13)14/h1-2,7-8,11-12H,3-4H2. The molecule has 17 heavy (non-hydrogen) atoms. The molecule has 1 rings (SSSR count). The van der Waals surface area contributed by atoms with Crippen molar-refractivity contribution >= 4 is 11.8 Å². The van der Waals surface area contributed by atoms with Gasteiger partial charge in [-0.2, -0.15) is 0 Å². The molecule has 1 fully saturated rings. The summed E-state index contributed by atoms with van der Waals surface area (Å²) in [7, 11) is 0.